The Labute approximate surface area is 115 Å². The summed E-state index contributed by atoms with van der Waals surface area (Å²) in [7, 11) is 1.52. The number of rotatable bonds is 5. The molecule has 0 aromatic carbocycles. The first-order valence-electron chi connectivity index (χ1n) is 5.80. The van der Waals surface area contributed by atoms with Gasteiger partial charge in [0.05, 0.1) is 12.0 Å². The van der Waals surface area contributed by atoms with Gasteiger partial charge in [0, 0.05) is 7.11 Å². The molecule has 0 bridgehead atoms. The number of nitrogens with two attached hydrogens (primary N) is 1. The molecule has 102 valence electrons. The van der Waals surface area contributed by atoms with Crippen LogP contribution in [0.25, 0.3) is 10.2 Å². The standard InChI is InChI=1S/C12H16N4O2S/c1-6-5-19-12-9(6)11(14-7(2)15-12)16-8(4-18-3)10(13)17/h5,8H,4H2,1-3H3,(H2,13,17)(H,14,15,16)/t8-/m0/s1. The van der Waals surface area contributed by atoms with E-state index < -0.39 is 11.9 Å². The van der Waals surface area contributed by atoms with Crippen LogP contribution in [0, 0.1) is 13.8 Å². The number of amides is 1. The molecule has 1 atom stereocenters. The number of fused-ring (bicyclic) bond motifs is 1. The van der Waals surface area contributed by atoms with E-state index in [1.165, 1.54) is 7.11 Å². The van der Waals surface area contributed by atoms with E-state index in [4.69, 9.17) is 10.5 Å². The maximum absolute atomic E-state index is 11.4. The Morgan fingerprint density at radius 1 is 1.53 bits per heavy atom. The van der Waals surface area contributed by atoms with Crippen molar-refractivity contribution in [3.05, 3.63) is 16.8 Å². The molecule has 2 aromatic heterocycles. The number of aromatic nitrogens is 2. The lowest BCUT2D eigenvalue weighted by atomic mass is 10.2. The van der Waals surface area contributed by atoms with Crippen LogP contribution in [0.1, 0.15) is 11.4 Å². The number of carbonyl (C=O) groups excluding carboxylic acids is 1. The summed E-state index contributed by atoms with van der Waals surface area (Å²) < 4.78 is 4.99. The van der Waals surface area contributed by atoms with Crippen LogP contribution in [0.5, 0.6) is 0 Å². The van der Waals surface area contributed by atoms with E-state index in [2.05, 4.69) is 15.3 Å². The number of nitrogens with one attached hydrogen (secondary N) is 1. The highest BCUT2D eigenvalue weighted by atomic mass is 32.1. The molecule has 3 N–H and O–H groups in total. The fourth-order valence-corrected chi connectivity index (χ4v) is 2.79. The molecular weight excluding hydrogens is 264 g/mol. The van der Waals surface area contributed by atoms with Gasteiger partial charge in [-0.1, -0.05) is 0 Å². The van der Waals surface area contributed by atoms with Crippen molar-refractivity contribution in [1.29, 1.82) is 0 Å². The molecule has 0 radical (unpaired) electrons. The lowest BCUT2D eigenvalue weighted by Crippen LogP contribution is -2.39. The van der Waals surface area contributed by atoms with Gasteiger partial charge in [-0.15, -0.1) is 11.3 Å². The molecule has 0 saturated carbocycles. The van der Waals surface area contributed by atoms with Crippen LogP contribution in [0.15, 0.2) is 5.38 Å². The number of anilines is 1. The SMILES string of the molecule is COC[C@H](Nc1nc(C)nc2scc(C)c12)C(N)=O. The normalized spacial score (nSPS) is 12.6. The minimum Gasteiger partial charge on any atom is -0.382 e. The number of carbonyl (C=O) groups is 1. The summed E-state index contributed by atoms with van der Waals surface area (Å²) in [5.41, 5.74) is 6.42. The van der Waals surface area contributed by atoms with E-state index in [0.29, 0.717) is 11.6 Å². The van der Waals surface area contributed by atoms with E-state index in [1.807, 2.05) is 19.2 Å². The zero-order valence-electron chi connectivity index (χ0n) is 11.1. The van der Waals surface area contributed by atoms with Gasteiger partial charge in [0.25, 0.3) is 0 Å². The average molecular weight is 280 g/mol. The summed E-state index contributed by atoms with van der Waals surface area (Å²) in [6.07, 6.45) is 0. The van der Waals surface area contributed by atoms with E-state index in [-0.39, 0.29) is 6.61 Å². The fraction of sp³-hybridized carbons (Fsp3) is 0.417. The number of aryl methyl sites for hydroxylation is 2. The molecule has 2 rings (SSSR count). The van der Waals surface area contributed by atoms with Crippen molar-refractivity contribution in [1.82, 2.24) is 9.97 Å². The molecule has 0 aliphatic heterocycles. The van der Waals surface area contributed by atoms with Crippen molar-refractivity contribution < 1.29 is 9.53 Å². The maximum atomic E-state index is 11.4. The molecule has 0 aliphatic carbocycles. The minimum atomic E-state index is -0.609. The van der Waals surface area contributed by atoms with Gasteiger partial charge in [-0.2, -0.15) is 0 Å². The Morgan fingerprint density at radius 2 is 2.26 bits per heavy atom. The Kier molecular flexibility index (Phi) is 3.96. The molecule has 2 aromatic rings. The molecule has 19 heavy (non-hydrogen) atoms. The van der Waals surface area contributed by atoms with Gasteiger partial charge < -0.3 is 15.8 Å². The van der Waals surface area contributed by atoms with Crippen LogP contribution >= 0.6 is 11.3 Å². The molecule has 0 saturated heterocycles. The molecule has 7 heteroatoms. The van der Waals surface area contributed by atoms with Crippen LogP contribution in [0.4, 0.5) is 5.82 Å². The summed E-state index contributed by atoms with van der Waals surface area (Å²) in [6.45, 7) is 4.00. The lowest BCUT2D eigenvalue weighted by Gasteiger charge is -2.16. The van der Waals surface area contributed by atoms with Crippen LogP contribution in [-0.2, 0) is 9.53 Å². The average Bonchev–Trinajstić information content (AvgIpc) is 2.70. The fourth-order valence-electron chi connectivity index (χ4n) is 1.82. The van der Waals surface area contributed by atoms with Gasteiger partial charge in [-0.05, 0) is 24.8 Å². The van der Waals surface area contributed by atoms with Crippen molar-refractivity contribution in [2.24, 2.45) is 5.73 Å². The summed E-state index contributed by atoms with van der Waals surface area (Å²) in [4.78, 5) is 21.0. The Bertz CT molecular complexity index is 611. The van der Waals surface area contributed by atoms with Crippen LogP contribution in [-0.4, -0.2) is 35.6 Å². The number of ether oxygens (including phenoxy) is 1. The van der Waals surface area contributed by atoms with Crippen LogP contribution < -0.4 is 11.1 Å². The molecule has 0 aliphatic rings. The predicted molar refractivity (Wildman–Crippen MR) is 75.4 cm³/mol. The summed E-state index contributed by atoms with van der Waals surface area (Å²) in [5, 5.41) is 5.99. The molecular formula is C12H16N4O2S. The van der Waals surface area contributed by atoms with Gasteiger partial charge in [-0.3, -0.25) is 4.79 Å². The summed E-state index contributed by atoms with van der Waals surface area (Å²) in [5.74, 6) is 0.804. The highest BCUT2D eigenvalue weighted by Gasteiger charge is 2.18. The number of primary amides is 1. The quantitative estimate of drug-likeness (QED) is 0.859. The highest BCUT2D eigenvalue weighted by Crippen LogP contribution is 2.29. The molecule has 6 nitrogen and oxygen atoms in total. The highest BCUT2D eigenvalue weighted by molar-refractivity contribution is 7.17. The number of methoxy groups -OCH3 is 1. The van der Waals surface area contributed by atoms with Gasteiger partial charge in [0.2, 0.25) is 5.91 Å². The van der Waals surface area contributed by atoms with Crippen molar-refractivity contribution >= 4 is 33.3 Å². The molecule has 1 amide bonds. The third-order valence-corrected chi connectivity index (χ3v) is 3.71. The summed E-state index contributed by atoms with van der Waals surface area (Å²) >= 11 is 1.55. The van der Waals surface area contributed by atoms with Crippen molar-refractivity contribution in [2.45, 2.75) is 19.9 Å². The van der Waals surface area contributed by atoms with Crippen LogP contribution in [0.3, 0.4) is 0 Å². The number of hydrogen-bond donors (Lipinski definition) is 2. The first kappa shape index (κ1) is 13.7. The van der Waals surface area contributed by atoms with Gasteiger partial charge in [-0.25, -0.2) is 9.97 Å². The first-order chi connectivity index (χ1) is 9.02. The lowest BCUT2D eigenvalue weighted by molar-refractivity contribution is -0.119. The second-order valence-corrected chi connectivity index (χ2v) is 5.13. The first-order valence-corrected chi connectivity index (χ1v) is 6.68. The Morgan fingerprint density at radius 3 is 2.89 bits per heavy atom. The van der Waals surface area contributed by atoms with Gasteiger partial charge >= 0.3 is 0 Å². The van der Waals surface area contributed by atoms with Crippen molar-refractivity contribution in [3.8, 4) is 0 Å². The molecule has 0 spiro atoms. The Hall–Kier alpha value is -1.73. The van der Waals surface area contributed by atoms with E-state index in [0.717, 1.165) is 15.8 Å². The Balaban J connectivity index is 2.43. The largest absolute Gasteiger partial charge is 0.382 e. The topological polar surface area (TPSA) is 90.1 Å². The van der Waals surface area contributed by atoms with Crippen molar-refractivity contribution in [2.75, 3.05) is 19.0 Å². The monoisotopic (exact) mass is 280 g/mol. The van der Waals surface area contributed by atoms with Gasteiger partial charge in [0.1, 0.15) is 22.5 Å². The predicted octanol–water partition coefficient (Wildman–Crippen LogP) is 1.22. The molecule has 0 unspecified atom stereocenters. The maximum Gasteiger partial charge on any atom is 0.242 e. The van der Waals surface area contributed by atoms with E-state index >= 15 is 0 Å². The second-order valence-electron chi connectivity index (χ2n) is 4.27. The third kappa shape index (κ3) is 2.82. The smallest absolute Gasteiger partial charge is 0.242 e. The second kappa shape index (κ2) is 5.50. The number of hydrogen-bond acceptors (Lipinski definition) is 6. The summed E-state index contributed by atoms with van der Waals surface area (Å²) in [6, 6.07) is -0.609. The number of thiophene rings is 1. The zero-order chi connectivity index (χ0) is 14.0. The van der Waals surface area contributed by atoms with E-state index in [9.17, 15) is 4.79 Å². The third-order valence-electron chi connectivity index (χ3n) is 2.72. The number of nitrogens with zero attached hydrogens (tertiary/aromatic N) is 2. The van der Waals surface area contributed by atoms with Crippen molar-refractivity contribution in [3.63, 3.8) is 0 Å². The zero-order valence-corrected chi connectivity index (χ0v) is 11.9. The van der Waals surface area contributed by atoms with Crippen LogP contribution in [0.2, 0.25) is 0 Å². The van der Waals surface area contributed by atoms with E-state index in [1.54, 1.807) is 11.3 Å². The molecule has 0 fully saturated rings. The molecule has 2 heterocycles. The van der Waals surface area contributed by atoms with Gasteiger partial charge in [0.15, 0.2) is 0 Å². The minimum absolute atomic E-state index is 0.197.